The number of amides is 2. The van der Waals surface area contributed by atoms with Gasteiger partial charge in [-0.25, -0.2) is 9.59 Å². The van der Waals surface area contributed by atoms with E-state index < -0.39 is 5.97 Å². The molecule has 3 aromatic rings. The van der Waals surface area contributed by atoms with Crippen LogP contribution in [-0.2, 0) is 17.8 Å². The van der Waals surface area contributed by atoms with Crippen molar-refractivity contribution in [3.05, 3.63) is 76.0 Å². The van der Waals surface area contributed by atoms with E-state index in [2.05, 4.69) is 10.3 Å². The Labute approximate surface area is 182 Å². The van der Waals surface area contributed by atoms with Crippen LogP contribution in [0.4, 0.5) is 10.5 Å². The van der Waals surface area contributed by atoms with Crippen molar-refractivity contribution in [3.8, 4) is 0 Å². The number of hydrogen-bond donors (Lipinski definition) is 2. The molecule has 2 amide bonds. The molecule has 0 aliphatic heterocycles. The third kappa shape index (κ3) is 4.99. The average Bonchev–Trinajstić information content (AvgIpc) is 3.34. The fourth-order valence-electron chi connectivity index (χ4n) is 3.50. The zero-order chi connectivity index (χ0) is 22.5. The highest BCUT2D eigenvalue weighted by molar-refractivity contribution is 5.91. The molecule has 31 heavy (non-hydrogen) atoms. The van der Waals surface area contributed by atoms with Crippen molar-refractivity contribution in [1.82, 2.24) is 9.88 Å². The van der Waals surface area contributed by atoms with Gasteiger partial charge in [0, 0.05) is 17.9 Å². The zero-order valence-corrected chi connectivity index (χ0v) is 18.7. The fraction of sp³-hybridized carbons (Fsp3) is 0.333. The average molecular weight is 424 g/mol. The number of benzene rings is 1. The van der Waals surface area contributed by atoms with Gasteiger partial charge in [0.25, 0.3) is 0 Å². The lowest BCUT2D eigenvalue weighted by Crippen LogP contribution is -2.34. The van der Waals surface area contributed by atoms with Crippen LogP contribution >= 0.6 is 0 Å². The van der Waals surface area contributed by atoms with Crippen molar-refractivity contribution >= 4 is 17.7 Å². The molecule has 164 valence electrons. The van der Waals surface area contributed by atoms with Gasteiger partial charge in [0.05, 0.1) is 19.4 Å². The largest absolute Gasteiger partial charge is 0.467 e. The molecular formula is C24H29N3O4. The van der Waals surface area contributed by atoms with E-state index in [1.54, 1.807) is 24.2 Å². The van der Waals surface area contributed by atoms with Crippen molar-refractivity contribution in [2.75, 3.05) is 11.9 Å². The van der Waals surface area contributed by atoms with Gasteiger partial charge in [0.2, 0.25) is 0 Å². The lowest BCUT2D eigenvalue weighted by molar-refractivity contribution is 0.0519. The molecule has 0 saturated carbocycles. The third-order valence-electron chi connectivity index (χ3n) is 5.48. The van der Waals surface area contributed by atoms with Crippen LogP contribution < -0.4 is 5.32 Å². The Kier molecular flexibility index (Phi) is 6.84. The number of carbonyl (C=O) groups excluding carboxylic acids is 2. The minimum atomic E-state index is -0.397. The van der Waals surface area contributed by atoms with E-state index in [0.717, 1.165) is 33.6 Å². The smallest absolute Gasteiger partial charge is 0.355 e. The number of hydrogen-bond acceptors (Lipinski definition) is 4. The quantitative estimate of drug-likeness (QED) is 0.508. The highest BCUT2D eigenvalue weighted by Gasteiger charge is 2.23. The van der Waals surface area contributed by atoms with Gasteiger partial charge in [-0.3, -0.25) is 0 Å². The van der Waals surface area contributed by atoms with Crippen LogP contribution in [0.5, 0.6) is 0 Å². The molecular weight excluding hydrogens is 394 g/mol. The van der Waals surface area contributed by atoms with Crippen LogP contribution in [0.1, 0.15) is 51.1 Å². The molecule has 0 spiro atoms. The number of esters is 1. The second kappa shape index (κ2) is 9.55. The number of nitrogens with zero attached hydrogens (tertiary/aromatic N) is 1. The maximum absolute atomic E-state index is 13.2. The normalized spacial score (nSPS) is 10.7. The molecule has 0 fully saturated rings. The molecule has 3 rings (SSSR count). The van der Waals surface area contributed by atoms with Crippen LogP contribution in [0.2, 0.25) is 0 Å². The van der Waals surface area contributed by atoms with E-state index in [9.17, 15) is 9.59 Å². The first-order valence-electron chi connectivity index (χ1n) is 10.3. The van der Waals surface area contributed by atoms with E-state index in [1.807, 2.05) is 52.0 Å². The molecule has 7 heteroatoms. The zero-order valence-electron chi connectivity index (χ0n) is 18.7. The molecule has 0 saturated heterocycles. The van der Waals surface area contributed by atoms with Gasteiger partial charge in [-0.1, -0.05) is 12.1 Å². The van der Waals surface area contributed by atoms with Gasteiger partial charge in [-0.2, -0.15) is 0 Å². The summed E-state index contributed by atoms with van der Waals surface area (Å²) < 4.78 is 10.6. The summed E-state index contributed by atoms with van der Waals surface area (Å²) in [5.74, 6) is 0.277. The second-order valence-corrected chi connectivity index (χ2v) is 7.56. The summed E-state index contributed by atoms with van der Waals surface area (Å²) in [5, 5.41) is 3.02. The van der Waals surface area contributed by atoms with Crippen molar-refractivity contribution in [1.29, 1.82) is 0 Å². The molecule has 0 radical (unpaired) electrons. The first-order valence-corrected chi connectivity index (χ1v) is 10.3. The SMILES string of the molecule is CCOC(=O)c1[nH]c(C)c(CN(Cc2ccco2)C(=O)Nc2cccc(C)c2C)c1C. The number of aromatic amines is 1. The number of furan rings is 1. The van der Waals surface area contributed by atoms with Crippen LogP contribution in [0, 0.1) is 27.7 Å². The Morgan fingerprint density at radius 1 is 1.06 bits per heavy atom. The van der Waals surface area contributed by atoms with Gasteiger partial charge in [0.15, 0.2) is 0 Å². The number of rotatable bonds is 7. The Morgan fingerprint density at radius 2 is 1.84 bits per heavy atom. The molecule has 1 aromatic carbocycles. The molecule has 2 aromatic heterocycles. The molecule has 7 nitrogen and oxygen atoms in total. The third-order valence-corrected chi connectivity index (χ3v) is 5.48. The van der Waals surface area contributed by atoms with E-state index >= 15 is 0 Å². The Balaban J connectivity index is 1.89. The van der Waals surface area contributed by atoms with Crippen LogP contribution in [-0.4, -0.2) is 28.5 Å². The number of aryl methyl sites for hydroxylation is 2. The number of anilines is 1. The summed E-state index contributed by atoms with van der Waals surface area (Å²) in [6, 6.07) is 9.19. The Hall–Kier alpha value is -3.48. The highest BCUT2D eigenvalue weighted by atomic mass is 16.5. The predicted octanol–water partition coefficient (Wildman–Crippen LogP) is 5.25. The minimum Gasteiger partial charge on any atom is -0.467 e. The molecule has 0 aliphatic carbocycles. The summed E-state index contributed by atoms with van der Waals surface area (Å²) in [6.45, 7) is 10.4. The number of aromatic nitrogens is 1. The Bertz CT molecular complexity index is 1070. The van der Waals surface area contributed by atoms with Gasteiger partial charge in [-0.15, -0.1) is 0 Å². The van der Waals surface area contributed by atoms with Gasteiger partial charge in [0.1, 0.15) is 11.5 Å². The van der Waals surface area contributed by atoms with Crippen LogP contribution in [0.3, 0.4) is 0 Å². The van der Waals surface area contributed by atoms with Crippen molar-refractivity contribution < 1.29 is 18.7 Å². The summed E-state index contributed by atoms with van der Waals surface area (Å²) >= 11 is 0. The number of nitrogens with one attached hydrogen (secondary N) is 2. The number of urea groups is 1. The van der Waals surface area contributed by atoms with Gasteiger partial charge >= 0.3 is 12.0 Å². The maximum Gasteiger partial charge on any atom is 0.355 e. The molecule has 0 aliphatic rings. The topological polar surface area (TPSA) is 87.6 Å². The molecule has 0 unspecified atom stereocenters. The van der Waals surface area contributed by atoms with Crippen LogP contribution in [0.25, 0.3) is 0 Å². The summed E-state index contributed by atoms with van der Waals surface area (Å²) in [5.41, 5.74) is 5.79. The number of ether oxygens (including phenoxy) is 1. The molecule has 2 heterocycles. The molecule has 0 bridgehead atoms. The van der Waals surface area contributed by atoms with Crippen molar-refractivity contribution in [2.24, 2.45) is 0 Å². The first kappa shape index (κ1) is 22.2. The lowest BCUT2D eigenvalue weighted by atomic mass is 10.1. The predicted molar refractivity (Wildman–Crippen MR) is 119 cm³/mol. The monoisotopic (exact) mass is 423 g/mol. The standard InChI is InChI=1S/C24H29N3O4/c1-6-30-23(28)22-17(4)20(18(5)25-22)14-27(13-19-10-8-12-31-19)24(29)26-21-11-7-9-15(2)16(21)3/h7-12,25H,6,13-14H2,1-5H3,(H,26,29). The van der Waals surface area contributed by atoms with E-state index in [0.29, 0.717) is 31.2 Å². The van der Waals surface area contributed by atoms with Crippen LogP contribution in [0.15, 0.2) is 41.0 Å². The van der Waals surface area contributed by atoms with E-state index in [4.69, 9.17) is 9.15 Å². The number of H-pyrrole nitrogens is 1. The second-order valence-electron chi connectivity index (χ2n) is 7.56. The highest BCUT2D eigenvalue weighted by Crippen LogP contribution is 2.24. The van der Waals surface area contributed by atoms with Crippen molar-refractivity contribution in [3.63, 3.8) is 0 Å². The Morgan fingerprint density at radius 3 is 2.52 bits per heavy atom. The van der Waals surface area contributed by atoms with E-state index in [-0.39, 0.29) is 6.03 Å². The van der Waals surface area contributed by atoms with Gasteiger partial charge < -0.3 is 24.4 Å². The number of carbonyl (C=O) groups is 2. The fourth-order valence-corrected chi connectivity index (χ4v) is 3.50. The van der Waals surface area contributed by atoms with Gasteiger partial charge in [-0.05, 0) is 75.1 Å². The summed E-state index contributed by atoms with van der Waals surface area (Å²) in [6.07, 6.45) is 1.59. The van der Waals surface area contributed by atoms with E-state index in [1.165, 1.54) is 0 Å². The lowest BCUT2D eigenvalue weighted by Gasteiger charge is -2.23. The molecule has 2 N–H and O–H groups in total. The molecule has 0 atom stereocenters. The summed E-state index contributed by atoms with van der Waals surface area (Å²) in [4.78, 5) is 30.3. The maximum atomic E-state index is 13.2. The summed E-state index contributed by atoms with van der Waals surface area (Å²) in [7, 11) is 0. The van der Waals surface area contributed by atoms with Crippen molar-refractivity contribution in [2.45, 2.75) is 47.7 Å². The first-order chi connectivity index (χ1) is 14.8. The minimum absolute atomic E-state index is 0.247.